The molecule has 0 aromatic heterocycles. The third-order valence-electron chi connectivity index (χ3n) is 4.31. The van der Waals surface area contributed by atoms with E-state index in [-0.39, 0.29) is 0 Å². The first-order valence-electron chi connectivity index (χ1n) is 7.14. The molecule has 1 aliphatic rings. The third kappa shape index (κ3) is 1.63. The molecule has 0 amide bonds. The average molecular weight is 259 g/mol. The second kappa shape index (κ2) is 4.11. The first-order chi connectivity index (χ1) is 9.72. The maximum atomic E-state index is 5.96. The molecule has 1 atom stereocenters. The summed E-state index contributed by atoms with van der Waals surface area (Å²) in [6.45, 7) is 2.27. The summed E-state index contributed by atoms with van der Waals surface area (Å²) in [5.74, 6) is 0.635. The van der Waals surface area contributed by atoms with Crippen molar-refractivity contribution in [3.05, 3.63) is 59.7 Å². The summed E-state index contributed by atoms with van der Waals surface area (Å²) < 4.78 is 0. The van der Waals surface area contributed by atoms with Gasteiger partial charge in [0.2, 0.25) is 0 Å². The van der Waals surface area contributed by atoms with E-state index >= 15 is 0 Å². The zero-order chi connectivity index (χ0) is 13.7. The largest absolute Gasteiger partial charge is 0.399 e. The number of benzene rings is 3. The smallest absolute Gasteiger partial charge is 0.0320 e. The first kappa shape index (κ1) is 11.5. The predicted octanol–water partition coefficient (Wildman–Crippen LogP) is 4.78. The Morgan fingerprint density at radius 2 is 1.75 bits per heavy atom. The molecular weight excluding hydrogens is 242 g/mol. The summed E-state index contributed by atoms with van der Waals surface area (Å²) in [6.07, 6.45) is 5.73. The fourth-order valence-electron chi connectivity index (χ4n) is 3.27. The second-order valence-corrected chi connectivity index (χ2v) is 5.82. The fourth-order valence-corrected chi connectivity index (χ4v) is 3.27. The number of hydrogen-bond acceptors (Lipinski definition) is 1. The first-order valence-corrected chi connectivity index (χ1v) is 7.14. The highest BCUT2D eigenvalue weighted by Crippen LogP contribution is 2.34. The third-order valence-corrected chi connectivity index (χ3v) is 4.31. The highest BCUT2D eigenvalue weighted by Gasteiger charge is 2.13. The van der Waals surface area contributed by atoms with E-state index in [1.54, 1.807) is 0 Å². The highest BCUT2D eigenvalue weighted by molar-refractivity contribution is 6.11. The van der Waals surface area contributed by atoms with Crippen molar-refractivity contribution in [2.24, 2.45) is 5.92 Å². The summed E-state index contributed by atoms with van der Waals surface area (Å²) >= 11 is 0. The Balaban J connectivity index is 2.12. The van der Waals surface area contributed by atoms with Gasteiger partial charge in [-0.3, -0.25) is 0 Å². The molecule has 0 fully saturated rings. The number of nitrogens with two attached hydrogens (primary N) is 1. The summed E-state index contributed by atoms with van der Waals surface area (Å²) in [5.41, 5.74) is 9.62. The Hall–Kier alpha value is -2.28. The molecule has 1 aliphatic carbocycles. The molecule has 4 rings (SSSR count). The minimum atomic E-state index is 0.635. The van der Waals surface area contributed by atoms with Crippen LogP contribution >= 0.6 is 0 Å². The molecule has 0 saturated carbocycles. The van der Waals surface area contributed by atoms with Crippen LogP contribution in [-0.2, 0) is 6.42 Å². The number of fused-ring (bicyclic) bond motifs is 5. The Morgan fingerprint density at radius 1 is 0.950 bits per heavy atom. The minimum Gasteiger partial charge on any atom is -0.399 e. The van der Waals surface area contributed by atoms with E-state index in [0.29, 0.717) is 5.92 Å². The fraction of sp³-hybridized carbons (Fsp3) is 0.158. The minimum absolute atomic E-state index is 0.635. The number of nitrogen functional groups attached to an aromatic ring is 1. The molecule has 1 heteroatoms. The van der Waals surface area contributed by atoms with Crippen molar-refractivity contribution >= 4 is 33.3 Å². The summed E-state index contributed by atoms with van der Waals surface area (Å²) in [6, 6.07) is 15.1. The summed E-state index contributed by atoms with van der Waals surface area (Å²) in [5, 5.41) is 5.13. The van der Waals surface area contributed by atoms with Gasteiger partial charge >= 0.3 is 0 Å². The van der Waals surface area contributed by atoms with E-state index in [1.165, 1.54) is 32.7 Å². The van der Waals surface area contributed by atoms with Crippen molar-refractivity contribution in [1.82, 2.24) is 0 Å². The van der Waals surface area contributed by atoms with Crippen molar-refractivity contribution in [3.8, 4) is 0 Å². The van der Waals surface area contributed by atoms with Gasteiger partial charge in [-0.1, -0.05) is 49.4 Å². The molecule has 3 aromatic rings. The van der Waals surface area contributed by atoms with E-state index in [9.17, 15) is 0 Å². The van der Waals surface area contributed by atoms with Gasteiger partial charge in [-0.05, 0) is 57.1 Å². The van der Waals surface area contributed by atoms with E-state index in [0.717, 1.165) is 12.1 Å². The lowest BCUT2D eigenvalue weighted by Crippen LogP contribution is -2.03. The molecule has 3 aromatic carbocycles. The average Bonchev–Trinajstić information content (AvgIpc) is 2.46. The maximum Gasteiger partial charge on any atom is 0.0320 e. The van der Waals surface area contributed by atoms with E-state index in [1.807, 2.05) is 6.07 Å². The number of hydrogen-bond donors (Lipinski definition) is 1. The molecule has 2 N–H and O–H groups in total. The van der Waals surface area contributed by atoms with Crippen LogP contribution in [0.4, 0.5) is 5.69 Å². The van der Waals surface area contributed by atoms with Crippen LogP contribution < -0.4 is 5.73 Å². The molecule has 98 valence electrons. The van der Waals surface area contributed by atoms with Crippen LogP contribution in [0.5, 0.6) is 0 Å². The van der Waals surface area contributed by atoms with Gasteiger partial charge in [0.05, 0.1) is 0 Å². The molecule has 0 radical (unpaired) electrons. The van der Waals surface area contributed by atoms with E-state index < -0.39 is 0 Å². The molecule has 1 unspecified atom stereocenters. The van der Waals surface area contributed by atoms with Gasteiger partial charge in [-0.25, -0.2) is 0 Å². The standard InChI is InChI=1S/C19H17N/c1-12-2-7-16-14(10-12)5-9-18-17(16)8-4-13-3-6-15(20)11-19(13)18/h2-9,11-12H,10,20H2,1H3. The van der Waals surface area contributed by atoms with Crippen LogP contribution in [0.1, 0.15) is 18.1 Å². The zero-order valence-electron chi connectivity index (χ0n) is 11.6. The van der Waals surface area contributed by atoms with Crippen LogP contribution in [0.25, 0.3) is 27.6 Å². The van der Waals surface area contributed by atoms with Gasteiger partial charge in [-0.15, -0.1) is 0 Å². The van der Waals surface area contributed by atoms with Crippen LogP contribution in [0, 0.1) is 5.92 Å². The van der Waals surface area contributed by atoms with Gasteiger partial charge in [0.25, 0.3) is 0 Å². The van der Waals surface area contributed by atoms with Crippen molar-refractivity contribution in [2.45, 2.75) is 13.3 Å². The lowest BCUT2D eigenvalue weighted by molar-refractivity contribution is 0.718. The SMILES string of the molecule is CC1C=Cc2c(ccc3c2ccc2ccc(N)cc23)C1. The van der Waals surface area contributed by atoms with Crippen LogP contribution in [-0.4, -0.2) is 0 Å². The highest BCUT2D eigenvalue weighted by atomic mass is 14.5. The predicted molar refractivity (Wildman–Crippen MR) is 87.8 cm³/mol. The summed E-state index contributed by atoms with van der Waals surface area (Å²) in [7, 11) is 0. The van der Waals surface area contributed by atoms with Crippen molar-refractivity contribution in [2.75, 3.05) is 5.73 Å². The maximum absolute atomic E-state index is 5.96. The van der Waals surface area contributed by atoms with Crippen molar-refractivity contribution in [1.29, 1.82) is 0 Å². The molecule has 0 saturated heterocycles. The van der Waals surface area contributed by atoms with Crippen LogP contribution in [0.2, 0.25) is 0 Å². The van der Waals surface area contributed by atoms with Crippen molar-refractivity contribution < 1.29 is 0 Å². The van der Waals surface area contributed by atoms with Gasteiger partial charge in [0.1, 0.15) is 0 Å². The second-order valence-electron chi connectivity index (χ2n) is 5.82. The van der Waals surface area contributed by atoms with E-state index in [2.05, 4.69) is 55.5 Å². The molecule has 0 aliphatic heterocycles. The summed E-state index contributed by atoms with van der Waals surface area (Å²) in [4.78, 5) is 0. The van der Waals surface area contributed by atoms with E-state index in [4.69, 9.17) is 5.73 Å². The van der Waals surface area contributed by atoms with Gasteiger partial charge < -0.3 is 5.73 Å². The Labute approximate surface area is 118 Å². The van der Waals surface area contributed by atoms with Crippen molar-refractivity contribution in [3.63, 3.8) is 0 Å². The topological polar surface area (TPSA) is 26.0 Å². The Bertz CT molecular complexity index is 858. The lowest BCUT2D eigenvalue weighted by atomic mass is 9.86. The Kier molecular flexibility index (Phi) is 2.37. The van der Waals surface area contributed by atoms with Gasteiger partial charge in [-0.2, -0.15) is 0 Å². The molecule has 0 spiro atoms. The normalized spacial score (nSPS) is 17.6. The zero-order valence-corrected chi connectivity index (χ0v) is 11.6. The van der Waals surface area contributed by atoms with Crippen LogP contribution in [0.15, 0.2) is 48.5 Å². The molecular formula is C19H17N. The number of allylic oxidation sites excluding steroid dienone is 1. The molecule has 20 heavy (non-hydrogen) atoms. The molecule has 0 heterocycles. The Morgan fingerprint density at radius 3 is 2.65 bits per heavy atom. The molecule has 1 nitrogen and oxygen atoms in total. The number of anilines is 1. The van der Waals surface area contributed by atoms with Gasteiger partial charge in [0, 0.05) is 5.69 Å². The van der Waals surface area contributed by atoms with Crippen LogP contribution in [0.3, 0.4) is 0 Å². The van der Waals surface area contributed by atoms with Gasteiger partial charge in [0.15, 0.2) is 0 Å². The quantitative estimate of drug-likeness (QED) is 0.456. The monoisotopic (exact) mass is 259 g/mol. The molecule has 0 bridgehead atoms. The number of rotatable bonds is 0. The lowest BCUT2D eigenvalue weighted by Gasteiger charge is -2.18.